The van der Waals surface area contributed by atoms with E-state index in [1.807, 2.05) is 60.7 Å². The first-order chi connectivity index (χ1) is 20.7. The van der Waals surface area contributed by atoms with E-state index in [-0.39, 0.29) is 18.0 Å². The second kappa shape index (κ2) is 10.1. The van der Waals surface area contributed by atoms with Gasteiger partial charge in [-0.3, -0.25) is 5.32 Å². The molecule has 0 aromatic heterocycles. The van der Waals surface area contributed by atoms with Crippen LogP contribution in [0.1, 0.15) is 39.9 Å². The molecule has 1 N–H and O–H groups in total. The van der Waals surface area contributed by atoms with Crippen LogP contribution in [-0.4, -0.2) is 0 Å². The van der Waals surface area contributed by atoms with Crippen LogP contribution in [0.5, 0.6) is 0 Å². The lowest BCUT2D eigenvalue weighted by Crippen LogP contribution is -2.39. The summed E-state index contributed by atoms with van der Waals surface area (Å²) >= 11 is 0. The van der Waals surface area contributed by atoms with Gasteiger partial charge in [-0.05, 0) is 39.0 Å². The van der Waals surface area contributed by atoms with E-state index in [4.69, 9.17) is 0 Å². The van der Waals surface area contributed by atoms with Gasteiger partial charge in [0.2, 0.25) is 0 Å². The Morgan fingerprint density at radius 2 is 1.07 bits per heavy atom. The van der Waals surface area contributed by atoms with Crippen molar-refractivity contribution in [1.29, 1.82) is 0 Å². The molecule has 3 atom stereocenters. The zero-order chi connectivity index (χ0) is 28.1. The standard InChI is InChI=1S/C39H30NOP/c41-42(30-13-3-1-4-14-30,31-15-5-2-6-16-31)32-23-19-29(20-24-32)37-35-25-21-27-11-7-9-17-33(27)38(35)40-39-34-18-10-8-12-28(34)22-26-36(37)39/h1-26,35,38-40H. The number of hydrogen-bond acceptors (Lipinski definition) is 2. The Kier molecular flexibility index (Phi) is 6.07. The minimum atomic E-state index is -3.04. The van der Waals surface area contributed by atoms with Gasteiger partial charge in [0.25, 0.3) is 0 Å². The molecular weight excluding hydrogens is 529 g/mol. The third-order valence-corrected chi connectivity index (χ3v) is 12.1. The van der Waals surface area contributed by atoms with Gasteiger partial charge in [-0.2, -0.15) is 0 Å². The smallest absolute Gasteiger partial charge is 0.171 e. The summed E-state index contributed by atoms with van der Waals surface area (Å²) in [5, 5.41) is 6.60. The van der Waals surface area contributed by atoms with Crippen LogP contribution in [0.15, 0.2) is 151 Å². The maximum atomic E-state index is 15.0. The molecule has 202 valence electrons. The summed E-state index contributed by atoms with van der Waals surface area (Å²) in [6.07, 6.45) is 9.18. The van der Waals surface area contributed by atoms with Crippen LogP contribution in [0.4, 0.5) is 0 Å². The summed E-state index contributed by atoms with van der Waals surface area (Å²) in [7, 11) is -3.04. The summed E-state index contributed by atoms with van der Waals surface area (Å²) in [5.41, 5.74) is 9.00. The van der Waals surface area contributed by atoms with Crippen LogP contribution in [0.3, 0.4) is 0 Å². The Morgan fingerprint density at radius 3 is 1.74 bits per heavy atom. The predicted molar refractivity (Wildman–Crippen MR) is 176 cm³/mol. The molecule has 2 aliphatic carbocycles. The largest absolute Gasteiger partial charge is 0.309 e. The number of rotatable bonds is 4. The van der Waals surface area contributed by atoms with Crippen molar-refractivity contribution in [2.45, 2.75) is 12.1 Å². The fraction of sp³-hybridized carbons (Fsp3) is 0.0769. The normalized spacial score (nSPS) is 20.3. The van der Waals surface area contributed by atoms with Crippen molar-refractivity contribution >= 4 is 40.8 Å². The quantitative estimate of drug-likeness (QED) is 0.227. The fourth-order valence-electron chi connectivity index (χ4n) is 7.01. The first-order valence-electron chi connectivity index (χ1n) is 14.6. The van der Waals surface area contributed by atoms with E-state index in [1.54, 1.807) is 0 Å². The molecule has 2 nitrogen and oxygen atoms in total. The van der Waals surface area contributed by atoms with Crippen LogP contribution in [0.25, 0.3) is 17.7 Å². The van der Waals surface area contributed by atoms with Gasteiger partial charge in [0.05, 0.1) is 6.04 Å². The zero-order valence-electron chi connectivity index (χ0n) is 23.1. The Balaban J connectivity index is 1.29. The van der Waals surface area contributed by atoms with Gasteiger partial charge in [-0.15, -0.1) is 0 Å². The van der Waals surface area contributed by atoms with Gasteiger partial charge in [-0.25, -0.2) is 0 Å². The maximum absolute atomic E-state index is 15.0. The van der Waals surface area contributed by atoms with E-state index in [1.165, 1.54) is 39.0 Å². The maximum Gasteiger partial charge on any atom is 0.171 e. The topological polar surface area (TPSA) is 29.1 Å². The molecular formula is C39H30NOP. The Hall–Kier alpha value is -4.49. The number of hydrogen-bond donors (Lipinski definition) is 1. The van der Waals surface area contributed by atoms with Gasteiger partial charge in [0, 0.05) is 27.9 Å². The molecule has 3 aliphatic rings. The summed E-state index contributed by atoms with van der Waals surface area (Å²) in [5.74, 6) is 0.182. The Morgan fingerprint density at radius 1 is 0.524 bits per heavy atom. The molecule has 0 saturated heterocycles. The summed E-state index contributed by atoms with van der Waals surface area (Å²) in [6.45, 7) is 0. The number of fused-ring (bicyclic) bond motifs is 6. The van der Waals surface area contributed by atoms with Gasteiger partial charge < -0.3 is 4.57 Å². The first kappa shape index (κ1) is 25.2. The predicted octanol–water partition coefficient (Wildman–Crippen LogP) is 7.84. The fourth-order valence-corrected chi connectivity index (χ4v) is 9.66. The zero-order valence-corrected chi connectivity index (χ0v) is 24.0. The van der Waals surface area contributed by atoms with Crippen molar-refractivity contribution < 1.29 is 4.57 Å². The molecule has 0 spiro atoms. The molecule has 8 rings (SSSR count). The second-order valence-corrected chi connectivity index (χ2v) is 14.0. The molecule has 5 aromatic carbocycles. The molecule has 1 aliphatic heterocycles. The van der Waals surface area contributed by atoms with Gasteiger partial charge >= 0.3 is 0 Å². The summed E-state index contributed by atoms with van der Waals surface area (Å²) < 4.78 is 15.0. The minimum absolute atomic E-state index is 0.0985. The second-order valence-electron chi connectivity index (χ2n) is 11.2. The van der Waals surface area contributed by atoms with Crippen molar-refractivity contribution in [2.75, 3.05) is 0 Å². The molecule has 3 heteroatoms. The molecule has 42 heavy (non-hydrogen) atoms. The van der Waals surface area contributed by atoms with Crippen LogP contribution in [0, 0.1) is 5.92 Å². The van der Waals surface area contributed by atoms with Crippen LogP contribution >= 0.6 is 7.14 Å². The van der Waals surface area contributed by atoms with Crippen LogP contribution < -0.4 is 21.2 Å². The molecule has 0 radical (unpaired) electrons. The SMILES string of the molecule is O=P(c1ccccc1)(c1ccccc1)c1ccc(C2=C3C=Cc4ccccc4C3NC3c4ccccc4C=CC23)cc1. The molecule has 1 heterocycles. The lowest BCUT2D eigenvalue weighted by molar-refractivity contribution is 0.415. The van der Waals surface area contributed by atoms with Gasteiger partial charge in [0.15, 0.2) is 7.14 Å². The average molecular weight is 560 g/mol. The van der Waals surface area contributed by atoms with Crippen LogP contribution in [-0.2, 0) is 4.57 Å². The van der Waals surface area contributed by atoms with E-state index < -0.39 is 7.14 Å². The van der Waals surface area contributed by atoms with E-state index in [0.29, 0.717) is 0 Å². The van der Waals surface area contributed by atoms with Crippen molar-refractivity contribution in [3.63, 3.8) is 0 Å². The molecule has 3 unspecified atom stereocenters. The lowest BCUT2D eigenvalue weighted by Gasteiger charge is -2.43. The molecule has 5 aromatic rings. The average Bonchev–Trinajstić information content (AvgIpc) is 3.07. The summed E-state index contributed by atoms with van der Waals surface area (Å²) in [6, 6.07) is 46.1. The van der Waals surface area contributed by atoms with Crippen LogP contribution in [0.2, 0.25) is 0 Å². The van der Waals surface area contributed by atoms with Crippen molar-refractivity contribution in [3.8, 4) is 0 Å². The highest BCUT2D eigenvalue weighted by Gasteiger charge is 2.40. The van der Waals surface area contributed by atoms with E-state index >= 15 is 0 Å². The Labute approximate surface area is 247 Å². The van der Waals surface area contributed by atoms with Crippen molar-refractivity contribution in [1.82, 2.24) is 5.32 Å². The minimum Gasteiger partial charge on any atom is -0.309 e. The third-order valence-electron chi connectivity index (χ3n) is 9.01. The molecule has 0 fully saturated rings. The lowest BCUT2D eigenvalue weighted by atomic mass is 9.70. The Bertz CT molecular complexity index is 1890. The van der Waals surface area contributed by atoms with E-state index in [9.17, 15) is 4.57 Å². The highest BCUT2D eigenvalue weighted by molar-refractivity contribution is 7.85. The van der Waals surface area contributed by atoms with Crippen molar-refractivity contribution in [2.24, 2.45) is 5.92 Å². The monoisotopic (exact) mass is 559 g/mol. The van der Waals surface area contributed by atoms with Gasteiger partial charge in [-0.1, -0.05) is 158 Å². The number of nitrogens with one attached hydrogen (secondary N) is 1. The van der Waals surface area contributed by atoms with Gasteiger partial charge in [0.1, 0.15) is 0 Å². The summed E-state index contributed by atoms with van der Waals surface area (Å²) in [4.78, 5) is 0. The van der Waals surface area contributed by atoms with E-state index in [0.717, 1.165) is 15.9 Å². The third kappa shape index (κ3) is 3.95. The highest BCUT2D eigenvalue weighted by atomic mass is 31.2. The highest BCUT2D eigenvalue weighted by Crippen LogP contribution is 2.51. The van der Waals surface area contributed by atoms with E-state index in [2.05, 4.69) is 102 Å². The first-order valence-corrected chi connectivity index (χ1v) is 16.3. The number of benzene rings is 5. The molecule has 0 saturated carbocycles. The molecule has 0 amide bonds. The molecule has 0 bridgehead atoms. The van der Waals surface area contributed by atoms with Crippen molar-refractivity contribution in [3.05, 3.63) is 179 Å².